The number of nitro groups is 1. The number of nitrogens with zero attached hydrogens (tertiary/aromatic N) is 2. The lowest BCUT2D eigenvalue weighted by molar-refractivity contribution is -0.387. The first-order valence-electron chi connectivity index (χ1n) is 5.21. The quantitative estimate of drug-likeness (QED) is 0.610. The zero-order valence-electron chi connectivity index (χ0n) is 9.96. The first-order valence-corrected chi connectivity index (χ1v) is 7.44. The van der Waals surface area contributed by atoms with Crippen LogP contribution in [0, 0.1) is 10.1 Å². The van der Waals surface area contributed by atoms with Crippen LogP contribution in [0.3, 0.4) is 0 Å². The molecular formula is C10H13BrN2O4S. The molecule has 0 unspecified atom stereocenters. The molecule has 0 spiro atoms. The monoisotopic (exact) mass is 336 g/mol. The highest BCUT2D eigenvalue weighted by Gasteiger charge is 2.29. The van der Waals surface area contributed by atoms with Gasteiger partial charge in [-0.15, -0.1) is 0 Å². The van der Waals surface area contributed by atoms with E-state index in [0.717, 1.165) is 4.31 Å². The molecule has 0 aliphatic rings. The van der Waals surface area contributed by atoms with Crippen LogP contribution in [0.25, 0.3) is 0 Å². The van der Waals surface area contributed by atoms with Crippen molar-refractivity contribution in [3.8, 4) is 0 Å². The first-order chi connectivity index (χ1) is 8.30. The summed E-state index contributed by atoms with van der Waals surface area (Å²) in [5.74, 6) is 0. The van der Waals surface area contributed by atoms with Crippen molar-refractivity contribution in [2.75, 3.05) is 13.6 Å². The number of benzene rings is 1. The second kappa shape index (κ2) is 5.77. The van der Waals surface area contributed by atoms with Gasteiger partial charge in [0.2, 0.25) is 10.0 Å². The summed E-state index contributed by atoms with van der Waals surface area (Å²) >= 11 is 3.12. The lowest BCUT2D eigenvalue weighted by atomic mass is 10.3. The molecule has 0 fully saturated rings. The highest BCUT2D eigenvalue weighted by molar-refractivity contribution is 9.10. The van der Waals surface area contributed by atoms with Crippen LogP contribution in [-0.2, 0) is 10.0 Å². The van der Waals surface area contributed by atoms with E-state index in [2.05, 4.69) is 15.9 Å². The molecule has 18 heavy (non-hydrogen) atoms. The Bertz CT molecular complexity index is 559. The molecule has 0 aromatic heterocycles. The third kappa shape index (κ3) is 3.06. The minimum absolute atomic E-state index is 0.294. The SMILES string of the molecule is CCCN(C)S(=O)(=O)c1cc(Br)ccc1[N+](=O)[O-]. The number of halogens is 1. The fraction of sp³-hybridized carbons (Fsp3) is 0.400. The van der Waals surface area contributed by atoms with Gasteiger partial charge in [-0.2, -0.15) is 0 Å². The van der Waals surface area contributed by atoms with Crippen LogP contribution in [0.15, 0.2) is 27.6 Å². The average Bonchev–Trinajstić information content (AvgIpc) is 2.28. The molecule has 0 saturated heterocycles. The summed E-state index contributed by atoms with van der Waals surface area (Å²) in [5, 5.41) is 10.9. The van der Waals surface area contributed by atoms with Crippen LogP contribution in [0.2, 0.25) is 0 Å². The van der Waals surface area contributed by atoms with Crippen molar-refractivity contribution < 1.29 is 13.3 Å². The smallest absolute Gasteiger partial charge is 0.258 e. The summed E-state index contributed by atoms with van der Waals surface area (Å²) < 4.78 is 26.0. The second-order valence-corrected chi connectivity index (χ2v) is 6.62. The number of hydrogen-bond acceptors (Lipinski definition) is 4. The summed E-state index contributed by atoms with van der Waals surface area (Å²) in [5.41, 5.74) is -0.416. The molecule has 0 saturated carbocycles. The maximum Gasteiger partial charge on any atom is 0.289 e. The third-order valence-corrected chi connectivity index (χ3v) is 4.72. The number of nitro benzene ring substituents is 1. The molecule has 0 bridgehead atoms. The van der Waals surface area contributed by atoms with Crippen LogP contribution in [-0.4, -0.2) is 31.2 Å². The number of rotatable bonds is 5. The molecule has 0 radical (unpaired) electrons. The fourth-order valence-electron chi connectivity index (χ4n) is 1.45. The van der Waals surface area contributed by atoms with Crippen molar-refractivity contribution in [3.63, 3.8) is 0 Å². The molecule has 0 atom stereocenters. The van der Waals surface area contributed by atoms with Crippen molar-refractivity contribution >= 4 is 31.6 Å². The Hall–Kier alpha value is -0.990. The zero-order chi connectivity index (χ0) is 13.9. The molecule has 6 nitrogen and oxygen atoms in total. The number of hydrogen-bond donors (Lipinski definition) is 0. The van der Waals surface area contributed by atoms with Gasteiger partial charge in [0.15, 0.2) is 4.90 Å². The summed E-state index contributed by atoms with van der Waals surface area (Å²) in [7, 11) is -2.43. The Kier molecular flexibility index (Phi) is 4.83. The van der Waals surface area contributed by atoms with Crippen LogP contribution >= 0.6 is 15.9 Å². The van der Waals surface area contributed by atoms with E-state index in [1.165, 1.54) is 25.2 Å². The van der Waals surface area contributed by atoms with Gasteiger partial charge in [-0.3, -0.25) is 10.1 Å². The summed E-state index contributed by atoms with van der Waals surface area (Å²) in [6.45, 7) is 2.15. The minimum atomic E-state index is -3.84. The van der Waals surface area contributed by atoms with Crippen LogP contribution in [0.1, 0.15) is 13.3 Å². The van der Waals surface area contributed by atoms with Crippen molar-refractivity contribution in [1.82, 2.24) is 4.31 Å². The predicted molar refractivity (Wildman–Crippen MR) is 70.9 cm³/mol. The molecule has 0 aliphatic heterocycles. The van der Waals surface area contributed by atoms with Crippen LogP contribution in [0.5, 0.6) is 0 Å². The summed E-state index contributed by atoms with van der Waals surface area (Å²) in [6.07, 6.45) is 0.636. The highest BCUT2D eigenvalue weighted by atomic mass is 79.9. The van der Waals surface area contributed by atoms with Crippen molar-refractivity contribution in [1.29, 1.82) is 0 Å². The van der Waals surface area contributed by atoms with Crippen LogP contribution < -0.4 is 0 Å². The molecule has 0 aliphatic carbocycles. The summed E-state index contributed by atoms with van der Waals surface area (Å²) in [4.78, 5) is 9.88. The van der Waals surface area contributed by atoms with E-state index >= 15 is 0 Å². The molecule has 8 heteroatoms. The lowest BCUT2D eigenvalue weighted by Gasteiger charge is -2.16. The van der Waals surface area contributed by atoms with E-state index in [-0.39, 0.29) is 4.90 Å². The molecule has 100 valence electrons. The van der Waals surface area contributed by atoms with Gasteiger partial charge in [-0.05, 0) is 18.6 Å². The first kappa shape index (κ1) is 15.1. The van der Waals surface area contributed by atoms with Crippen molar-refractivity contribution in [2.45, 2.75) is 18.2 Å². The number of sulfonamides is 1. The van der Waals surface area contributed by atoms with Crippen molar-refractivity contribution in [3.05, 3.63) is 32.8 Å². The Morgan fingerprint density at radius 2 is 2.06 bits per heavy atom. The Morgan fingerprint density at radius 1 is 1.44 bits per heavy atom. The van der Waals surface area contributed by atoms with E-state index in [4.69, 9.17) is 0 Å². The second-order valence-electron chi connectivity index (χ2n) is 3.70. The van der Waals surface area contributed by atoms with Gasteiger partial charge < -0.3 is 0 Å². The third-order valence-electron chi connectivity index (χ3n) is 2.35. The van der Waals surface area contributed by atoms with Crippen molar-refractivity contribution in [2.24, 2.45) is 0 Å². The Morgan fingerprint density at radius 3 is 2.56 bits per heavy atom. The molecule has 1 rings (SSSR count). The lowest BCUT2D eigenvalue weighted by Crippen LogP contribution is -2.28. The van der Waals surface area contributed by atoms with E-state index in [1.807, 2.05) is 6.92 Å². The minimum Gasteiger partial charge on any atom is -0.258 e. The van der Waals surface area contributed by atoms with Gasteiger partial charge in [0, 0.05) is 24.1 Å². The Labute approximate surface area is 114 Å². The zero-order valence-corrected chi connectivity index (χ0v) is 12.4. The van der Waals surface area contributed by atoms with Gasteiger partial charge in [0.25, 0.3) is 5.69 Å². The van der Waals surface area contributed by atoms with E-state index < -0.39 is 20.6 Å². The normalized spacial score (nSPS) is 11.8. The van der Waals surface area contributed by atoms with E-state index in [1.54, 1.807) is 0 Å². The molecule has 1 aromatic rings. The fourth-order valence-corrected chi connectivity index (χ4v) is 3.40. The predicted octanol–water partition coefficient (Wildman–Crippen LogP) is 2.39. The molecule has 0 N–H and O–H groups in total. The topological polar surface area (TPSA) is 80.5 Å². The van der Waals surface area contributed by atoms with E-state index in [0.29, 0.717) is 17.4 Å². The maximum absolute atomic E-state index is 12.2. The molecule has 0 heterocycles. The standard InChI is InChI=1S/C10H13BrN2O4S/c1-3-6-12(2)18(16,17)10-7-8(11)4-5-9(10)13(14)15/h4-5,7H,3,6H2,1-2H3. The maximum atomic E-state index is 12.2. The van der Waals surface area contributed by atoms with E-state index in [9.17, 15) is 18.5 Å². The van der Waals surface area contributed by atoms with Gasteiger partial charge in [0.1, 0.15) is 0 Å². The molecular weight excluding hydrogens is 324 g/mol. The van der Waals surface area contributed by atoms with Gasteiger partial charge in [0.05, 0.1) is 4.92 Å². The highest BCUT2D eigenvalue weighted by Crippen LogP contribution is 2.29. The molecule has 1 aromatic carbocycles. The van der Waals surface area contributed by atoms with Gasteiger partial charge >= 0.3 is 0 Å². The van der Waals surface area contributed by atoms with Crippen LogP contribution in [0.4, 0.5) is 5.69 Å². The average molecular weight is 337 g/mol. The summed E-state index contributed by atoms with van der Waals surface area (Å²) in [6, 6.07) is 3.87. The molecule has 0 amide bonds. The van der Waals surface area contributed by atoms with Gasteiger partial charge in [-0.25, -0.2) is 12.7 Å². The Balaban J connectivity index is 3.39. The van der Waals surface area contributed by atoms with Gasteiger partial charge in [-0.1, -0.05) is 22.9 Å². The largest absolute Gasteiger partial charge is 0.289 e.